The van der Waals surface area contributed by atoms with E-state index < -0.39 is 11.9 Å². The van der Waals surface area contributed by atoms with Crippen molar-refractivity contribution in [2.75, 3.05) is 20.8 Å². The maximum Gasteiger partial charge on any atom is 0.349 e. The number of carbonyl (C=O) groups is 2. The first-order valence-corrected chi connectivity index (χ1v) is 7.68. The first-order chi connectivity index (χ1) is 11.9. The Labute approximate surface area is 150 Å². The molecule has 0 spiro atoms. The minimum Gasteiger partial charge on any atom is -0.493 e. The fourth-order valence-electron chi connectivity index (χ4n) is 2.00. The second kappa shape index (κ2) is 8.39. The summed E-state index contributed by atoms with van der Waals surface area (Å²) in [5.41, 5.74) is 1.12. The monoisotopic (exact) mass is 364 g/mol. The zero-order valence-electron chi connectivity index (χ0n) is 14.0. The number of rotatable bonds is 6. The Bertz CT molecular complexity index is 787. The molecule has 6 nitrogen and oxygen atoms in total. The van der Waals surface area contributed by atoms with Crippen LogP contribution in [-0.2, 0) is 9.53 Å². The number of hydrogen-bond donors (Lipinski definition) is 0. The largest absolute Gasteiger partial charge is 0.493 e. The van der Waals surface area contributed by atoms with Crippen molar-refractivity contribution in [3.05, 3.63) is 52.5 Å². The fraction of sp³-hybridized carbons (Fsp3) is 0.222. The zero-order valence-corrected chi connectivity index (χ0v) is 14.8. The van der Waals surface area contributed by atoms with Crippen LogP contribution in [0.25, 0.3) is 0 Å². The van der Waals surface area contributed by atoms with Crippen molar-refractivity contribution in [3.63, 3.8) is 0 Å². The smallest absolute Gasteiger partial charge is 0.349 e. The van der Waals surface area contributed by atoms with Gasteiger partial charge in [0.25, 0.3) is 0 Å². The highest BCUT2D eigenvalue weighted by Crippen LogP contribution is 2.28. The van der Waals surface area contributed by atoms with Gasteiger partial charge in [0, 0.05) is 5.02 Å². The van der Waals surface area contributed by atoms with Gasteiger partial charge in [-0.1, -0.05) is 11.6 Å². The minimum atomic E-state index is -0.614. The van der Waals surface area contributed by atoms with Gasteiger partial charge in [-0.3, -0.25) is 0 Å². The third kappa shape index (κ3) is 4.87. The van der Waals surface area contributed by atoms with Crippen LogP contribution < -0.4 is 14.2 Å². The van der Waals surface area contributed by atoms with Gasteiger partial charge in [-0.15, -0.1) is 0 Å². The molecule has 2 rings (SSSR count). The Balaban J connectivity index is 2.02. The molecular formula is C18H17ClO6. The number of carbonyl (C=O) groups excluding carboxylic acids is 2. The van der Waals surface area contributed by atoms with Crippen LogP contribution in [0, 0.1) is 6.92 Å². The van der Waals surface area contributed by atoms with Gasteiger partial charge in [-0.2, -0.15) is 0 Å². The highest BCUT2D eigenvalue weighted by Gasteiger charge is 2.14. The van der Waals surface area contributed by atoms with Crippen LogP contribution in [0.2, 0.25) is 5.02 Å². The van der Waals surface area contributed by atoms with Crippen molar-refractivity contribution in [2.24, 2.45) is 0 Å². The lowest BCUT2D eigenvalue weighted by Gasteiger charge is -2.11. The summed E-state index contributed by atoms with van der Waals surface area (Å²) in [4.78, 5) is 23.5. The van der Waals surface area contributed by atoms with Gasteiger partial charge in [0.05, 0.1) is 19.8 Å². The van der Waals surface area contributed by atoms with E-state index in [2.05, 4.69) is 4.74 Å². The van der Waals surface area contributed by atoms with Gasteiger partial charge in [0.2, 0.25) is 0 Å². The molecule has 0 saturated heterocycles. The Morgan fingerprint density at radius 1 is 1.04 bits per heavy atom. The van der Waals surface area contributed by atoms with Crippen LogP contribution in [0.3, 0.4) is 0 Å². The van der Waals surface area contributed by atoms with Crippen LogP contribution in [-0.4, -0.2) is 32.8 Å². The summed E-state index contributed by atoms with van der Waals surface area (Å²) in [6, 6.07) is 9.43. The summed E-state index contributed by atoms with van der Waals surface area (Å²) in [7, 11) is 2.68. The lowest BCUT2D eigenvalue weighted by Crippen LogP contribution is -2.18. The number of aryl methyl sites for hydroxylation is 1. The van der Waals surface area contributed by atoms with Crippen molar-refractivity contribution in [2.45, 2.75) is 6.92 Å². The van der Waals surface area contributed by atoms with Crippen LogP contribution in [0.1, 0.15) is 15.9 Å². The van der Waals surface area contributed by atoms with E-state index in [9.17, 15) is 9.59 Å². The average Bonchev–Trinajstić information content (AvgIpc) is 2.62. The van der Waals surface area contributed by atoms with Crippen LogP contribution in [0.4, 0.5) is 0 Å². The van der Waals surface area contributed by atoms with Crippen molar-refractivity contribution in [1.29, 1.82) is 0 Å². The van der Waals surface area contributed by atoms with Gasteiger partial charge in [-0.25, -0.2) is 9.59 Å². The number of methoxy groups -OCH3 is 2. The van der Waals surface area contributed by atoms with Gasteiger partial charge < -0.3 is 18.9 Å². The molecule has 0 radical (unpaired) electrons. The normalized spacial score (nSPS) is 10.1. The molecule has 2 aromatic rings. The van der Waals surface area contributed by atoms with Gasteiger partial charge in [0.15, 0.2) is 18.1 Å². The molecule has 0 saturated carbocycles. The maximum atomic E-state index is 12.0. The molecule has 7 heteroatoms. The van der Waals surface area contributed by atoms with Gasteiger partial charge >= 0.3 is 11.9 Å². The molecule has 0 fully saturated rings. The number of esters is 2. The number of hydrogen-bond acceptors (Lipinski definition) is 6. The Morgan fingerprint density at radius 3 is 2.44 bits per heavy atom. The SMILES string of the molecule is COC(=O)c1ccc(OC(=O)COc2ccc(Cl)c(C)c2)c(OC)c1. The summed E-state index contributed by atoms with van der Waals surface area (Å²) < 4.78 is 20.4. The molecule has 0 aromatic heterocycles. The number of ether oxygens (including phenoxy) is 4. The summed E-state index contributed by atoms with van der Waals surface area (Å²) in [6.07, 6.45) is 0. The molecule has 0 aliphatic rings. The molecule has 0 bridgehead atoms. The van der Waals surface area contributed by atoms with Crippen molar-refractivity contribution >= 4 is 23.5 Å². The van der Waals surface area contributed by atoms with Gasteiger partial charge in [0.1, 0.15) is 5.75 Å². The molecule has 0 atom stereocenters. The summed E-state index contributed by atoms with van der Waals surface area (Å²) in [5.74, 6) is -0.212. The van der Waals surface area contributed by atoms with E-state index in [1.54, 1.807) is 18.2 Å². The minimum absolute atomic E-state index is 0.177. The molecule has 132 valence electrons. The maximum absolute atomic E-state index is 12.0. The Hall–Kier alpha value is -2.73. The first kappa shape index (κ1) is 18.6. The highest BCUT2D eigenvalue weighted by atomic mass is 35.5. The molecule has 0 heterocycles. The van der Waals surface area contributed by atoms with E-state index in [1.165, 1.54) is 32.4 Å². The van der Waals surface area contributed by atoms with Crippen LogP contribution >= 0.6 is 11.6 Å². The molecule has 0 aliphatic heterocycles. The van der Waals surface area contributed by atoms with Crippen LogP contribution in [0.15, 0.2) is 36.4 Å². The van der Waals surface area contributed by atoms with E-state index in [1.807, 2.05) is 6.92 Å². The van der Waals surface area contributed by atoms with Crippen molar-refractivity contribution in [3.8, 4) is 17.2 Å². The lowest BCUT2D eigenvalue weighted by molar-refractivity contribution is -0.136. The zero-order chi connectivity index (χ0) is 18.4. The first-order valence-electron chi connectivity index (χ1n) is 7.30. The molecule has 0 amide bonds. The predicted octanol–water partition coefficient (Wildman–Crippen LogP) is 3.43. The van der Waals surface area contributed by atoms with E-state index in [-0.39, 0.29) is 23.7 Å². The van der Waals surface area contributed by atoms with Crippen molar-refractivity contribution in [1.82, 2.24) is 0 Å². The summed E-state index contributed by atoms with van der Waals surface area (Å²) >= 11 is 5.94. The molecule has 0 aliphatic carbocycles. The second-order valence-electron chi connectivity index (χ2n) is 5.03. The second-order valence-corrected chi connectivity index (χ2v) is 5.44. The standard InChI is InChI=1S/C18H17ClO6/c1-11-8-13(5-6-14(11)19)24-10-17(20)25-15-7-4-12(18(21)23-3)9-16(15)22-2/h4-9H,10H2,1-3H3. The third-order valence-electron chi connectivity index (χ3n) is 3.29. The lowest BCUT2D eigenvalue weighted by atomic mass is 10.2. The predicted molar refractivity (Wildman–Crippen MR) is 91.7 cm³/mol. The fourth-order valence-corrected chi connectivity index (χ4v) is 2.12. The molecule has 0 N–H and O–H groups in total. The number of benzene rings is 2. The van der Waals surface area contributed by atoms with E-state index in [0.29, 0.717) is 10.8 Å². The van der Waals surface area contributed by atoms with Crippen molar-refractivity contribution < 1.29 is 28.5 Å². The van der Waals surface area contributed by atoms with E-state index in [0.717, 1.165) is 5.56 Å². The average molecular weight is 365 g/mol. The molecule has 25 heavy (non-hydrogen) atoms. The third-order valence-corrected chi connectivity index (χ3v) is 3.72. The quantitative estimate of drug-likeness (QED) is 0.577. The van der Waals surface area contributed by atoms with E-state index >= 15 is 0 Å². The Morgan fingerprint density at radius 2 is 1.80 bits per heavy atom. The van der Waals surface area contributed by atoms with Gasteiger partial charge in [-0.05, 0) is 48.9 Å². The Kier molecular flexibility index (Phi) is 6.25. The summed E-state index contributed by atoms with van der Waals surface area (Å²) in [6.45, 7) is 1.55. The topological polar surface area (TPSA) is 71.1 Å². The highest BCUT2D eigenvalue weighted by molar-refractivity contribution is 6.31. The summed E-state index contributed by atoms with van der Waals surface area (Å²) in [5, 5.41) is 0.616. The number of halogens is 1. The molecule has 0 unspecified atom stereocenters. The van der Waals surface area contributed by atoms with E-state index in [4.69, 9.17) is 25.8 Å². The molecular weight excluding hydrogens is 348 g/mol. The van der Waals surface area contributed by atoms with Crippen LogP contribution in [0.5, 0.6) is 17.2 Å². The molecule has 2 aromatic carbocycles.